The van der Waals surface area contributed by atoms with Gasteiger partial charge in [0.25, 0.3) is 0 Å². The van der Waals surface area contributed by atoms with Crippen molar-refractivity contribution in [2.24, 2.45) is 28.6 Å². The molecule has 0 bridgehead atoms. The summed E-state index contributed by atoms with van der Waals surface area (Å²) in [6.45, 7) is 3.09. The van der Waals surface area contributed by atoms with E-state index in [1.807, 2.05) is 13.8 Å². The van der Waals surface area contributed by atoms with Gasteiger partial charge in [0, 0.05) is 35.4 Å². The number of alkyl halides is 1. The summed E-state index contributed by atoms with van der Waals surface area (Å²) in [5, 5.41) is 21.7. The van der Waals surface area contributed by atoms with E-state index in [1.54, 1.807) is 18.3 Å². The largest absolute Gasteiger partial charge is 0.390 e. The number of carbonyl (C=O) groups is 2. The van der Waals surface area contributed by atoms with E-state index >= 15 is 4.39 Å². The summed E-state index contributed by atoms with van der Waals surface area (Å²) >= 11 is 3.36. The summed E-state index contributed by atoms with van der Waals surface area (Å²) in [6.07, 6.45) is 1.63. The molecule has 7 nitrogen and oxygen atoms in total. The lowest BCUT2D eigenvalue weighted by Crippen LogP contribution is -2.71. The SMILES string of the molecule is C[C@]12CCC(=O)CC1CC[C@H]1[C@@H]3C[C@H]4OC(c5ccnc(Br)c5)O[C@@]4(C(=O)CO)[C@@]3(C)C[C@H](O)[C@@]12F. The van der Waals surface area contributed by atoms with Crippen LogP contribution in [0.25, 0.3) is 0 Å². The second-order valence-corrected chi connectivity index (χ2v) is 12.9. The molecule has 5 aliphatic rings. The number of pyridine rings is 1. The summed E-state index contributed by atoms with van der Waals surface area (Å²) in [6, 6.07) is 3.51. The molecule has 36 heavy (non-hydrogen) atoms. The molecule has 1 aromatic rings. The fourth-order valence-electron chi connectivity index (χ4n) is 9.13. The second-order valence-electron chi connectivity index (χ2n) is 12.1. The van der Waals surface area contributed by atoms with Crippen LogP contribution in [-0.4, -0.2) is 56.8 Å². The first-order chi connectivity index (χ1) is 17.0. The van der Waals surface area contributed by atoms with Crippen LogP contribution in [0.2, 0.25) is 0 Å². The number of ketones is 2. The predicted molar refractivity (Wildman–Crippen MR) is 129 cm³/mol. The van der Waals surface area contributed by atoms with Crippen molar-refractivity contribution in [3.05, 3.63) is 28.5 Å². The molecule has 4 saturated carbocycles. The number of carbonyl (C=O) groups excluding carboxylic acids is 2. The number of halogens is 2. The minimum absolute atomic E-state index is 0.0271. The van der Waals surface area contributed by atoms with Gasteiger partial charge in [-0.05, 0) is 77.9 Å². The zero-order chi connectivity index (χ0) is 25.7. The molecule has 2 unspecified atom stereocenters. The molecule has 0 aromatic carbocycles. The monoisotopic (exact) mass is 565 g/mol. The number of aliphatic hydroxyl groups excluding tert-OH is 2. The Balaban J connectivity index is 1.41. The van der Waals surface area contributed by atoms with Crippen LogP contribution in [-0.2, 0) is 19.1 Å². The fraction of sp³-hybridized carbons (Fsp3) is 0.741. The van der Waals surface area contributed by atoms with Gasteiger partial charge in [0.05, 0.1) is 12.2 Å². The van der Waals surface area contributed by atoms with E-state index in [0.29, 0.717) is 42.3 Å². The van der Waals surface area contributed by atoms with Crippen LogP contribution in [0.3, 0.4) is 0 Å². The van der Waals surface area contributed by atoms with Gasteiger partial charge in [-0.1, -0.05) is 13.8 Å². The number of aliphatic hydroxyl groups is 2. The van der Waals surface area contributed by atoms with E-state index in [0.717, 1.165) is 6.42 Å². The number of nitrogens with zero attached hydrogens (tertiary/aromatic N) is 1. The molecular weight excluding hydrogens is 533 g/mol. The van der Waals surface area contributed by atoms with Gasteiger partial charge in [-0.15, -0.1) is 0 Å². The Hall–Kier alpha value is -1.26. The van der Waals surface area contributed by atoms with Crippen LogP contribution < -0.4 is 0 Å². The van der Waals surface area contributed by atoms with Gasteiger partial charge in [-0.25, -0.2) is 9.37 Å². The highest BCUT2D eigenvalue weighted by molar-refractivity contribution is 9.10. The molecule has 1 aliphatic heterocycles. The maximum Gasteiger partial charge on any atom is 0.193 e. The van der Waals surface area contributed by atoms with E-state index in [-0.39, 0.29) is 24.0 Å². The average molecular weight is 566 g/mol. The van der Waals surface area contributed by atoms with E-state index < -0.39 is 58.9 Å². The van der Waals surface area contributed by atoms with Gasteiger partial charge in [-0.3, -0.25) is 9.59 Å². The number of ether oxygens (including phenoxy) is 2. The van der Waals surface area contributed by atoms with Gasteiger partial charge in [0.1, 0.15) is 22.7 Å². The molecular formula is C27H33BrFNO6. The number of fused-ring (bicyclic) bond motifs is 7. The molecule has 4 aliphatic carbocycles. The number of hydrogen-bond donors (Lipinski definition) is 2. The number of aromatic nitrogens is 1. The van der Waals surface area contributed by atoms with Gasteiger partial charge in [0.2, 0.25) is 0 Å². The van der Waals surface area contributed by atoms with Crippen LogP contribution in [0.1, 0.15) is 70.6 Å². The van der Waals surface area contributed by atoms with Crippen LogP contribution in [0.15, 0.2) is 22.9 Å². The summed E-state index contributed by atoms with van der Waals surface area (Å²) < 4.78 is 30.9. The number of Topliss-reactive ketones (excluding diaryl/α,β-unsaturated/α-hetero) is 2. The van der Waals surface area contributed by atoms with Gasteiger partial charge >= 0.3 is 0 Å². The molecule has 10 atom stereocenters. The van der Waals surface area contributed by atoms with Crippen molar-refractivity contribution in [3.8, 4) is 0 Å². The Kier molecular flexibility index (Phi) is 5.65. The quantitative estimate of drug-likeness (QED) is 0.536. The highest BCUT2D eigenvalue weighted by Crippen LogP contribution is 2.73. The topological polar surface area (TPSA) is 106 Å². The first kappa shape index (κ1) is 25.0. The molecule has 0 spiro atoms. The molecule has 6 rings (SSSR count). The average Bonchev–Trinajstić information content (AvgIpc) is 3.34. The van der Waals surface area contributed by atoms with Crippen LogP contribution in [0.4, 0.5) is 4.39 Å². The van der Waals surface area contributed by atoms with Gasteiger partial charge in [0.15, 0.2) is 17.7 Å². The van der Waals surface area contributed by atoms with Gasteiger partial charge < -0.3 is 19.7 Å². The second kappa shape index (κ2) is 8.12. The first-order valence-corrected chi connectivity index (χ1v) is 13.8. The minimum Gasteiger partial charge on any atom is -0.390 e. The molecule has 0 amide bonds. The Morgan fingerprint density at radius 2 is 2.06 bits per heavy atom. The predicted octanol–water partition coefficient (Wildman–Crippen LogP) is 3.84. The standard InChI is InChI=1S/C27H33BrFNO6/c1-24-7-5-16(32)10-15(24)3-4-17-18-11-21-27(20(34)13-31,25(18,2)12-19(33)26(17,24)29)36-23(35-21)14-6-8-30-22(28)9-14/h6,8-9,15,17-19,21,23,31,33H,3-5,7,10-13H2,1-2H3/t15?,17-,18-,19-,21+,23?,24-,25-,26-,27+/m0/s1. The third-order valence-corrected chi connectivity index (χ3v) is 11.3. The Morgan fingerprint density at radius 3 is 2.78 bits per heavy atom. The van der Waals surface area contributed by atoms with E-state index in [9.17, 15) is 19.8 Å². The summed E-state index contributed by atoms with van der Waals surface area (Å²) in [4.78, 5) is 29.9. The highest BCUT2D eigenvalue weighted by atomic mass is 79.9. The molecule has 196 valence electrons. The third kappa shape index (κ3) is 2.95. The van der Waals surface area contributed by atoms with Crippen molar-refractivity contribution in [2.45, 2.75) is 88.6 Å². The lowest BCUT2D eigenvalue weighted by molar-refractivity contribution is -0.261. The first-order valence-electron chi connectivity index (χ1n) is 13.0. The Labute approximate surface area is 218 Å². The van der Waals surface area contributed by atoms with Crippen LogP contribution in [0, 0.1) is 28.6 Å². The van der Waals surface area contributed by atoms with E-state index in [4.69, 9.17) is 9.47 Å². The van der Waals surface area contributed by atoms with E-state index in [2.05, 4.69) is 20.9 Å². The molecule has 5 fully saturated rings. The maximum atomic E-state index is 17.4. The van der Waals surface area contributed by atoms with Crippen molar-refractivity contribution in [3.63, 3.8) is 0 Å². The molecule has 2 N–H and O–H groups in total. The van der Waals surface area contributed by atoms with Crippen molar-refractivity contribution in [1.82, 2.24) is 4.98 Å². The van der Waals surface area contributed by atoms with Crippen molar-refractivity contribution < 1.29 is 33.7 Å². The molecule has 0 radical (unpaired) electrons. The van der Waals surface area contributed by atoms with E-state index in [1.165, 1.54) is 0 Å². The lowest BCUT2D eigenvalue weighted by atomic mass is 9.42. The van der Waals surface area contributed by atoms with Crippen LogP contribution >= 0.6 is 15.9 Å². The Bertz CT molecular complexity index is 1120. The lowest BCUT2D eigenvalue weighted by Gasteiger charge is -2.65. The Morgan fingerprint density at radius 1 is 1.28 bits per heavy atom. The molecule has 2 heterocycles. The number of rotatable bonds is 3. The molecule has 1 saturated heterocycles. The van der Waals surface area contributed by atoms with Crippen LogP contribution in [0.5, 0.6) is 0 Å². The normalized spacial score (nSPS) is 49.7. The van der Waals surface area contributed by atoms with Crippen molar-refractivity contribution in [2.75, 3.05) is 6.61 Å². The minimum atomic E-state index is -1.86. The van der Waals surface area contributed by atoms with Gasteiger partial charge in [-0.2, -0.15) is 0 Å². The molecule has 1 aromatic heterocycles. The summed E-state index contributed by atoms with van der Waals surface area (Å²) in [7, 11) is 0. The summed E-state index contributed by atoms with van der Waals surface area (Å²) in [5.74, 6) is -1.17. The fourth-order valence-corrected chi connectivity index (χ4v) is 9.51. The maximum absolute atomic E-state index is 17.4. The zero-order valence-corrected chi connectivity index (χ0v) is 22.2. The van der Waals surface area contributed by atoms with Crippen molar-refractivity contribution in [1.29, 1.82) is 0 Å². The highest BCUT2D eigenvalue weighted by Gasteiger charge is 2.79. The summed E-state index contributed by atoms with van der Waals surface area (Å²) in [5.41, 5.74) is -4.39. The smallest absolute Gasteiger partial charge is 0.193 e. The zero-order valence-electron chi connectivity index (χ0n) is 20.6. The van der Waals surface area contributed by atoms with Crippen molar-refractivity contribution >= 4 is 27.5 Å². The third-order valence-electron chi connectivity index (χ3n) is 10.9. The number of hydrogen-bond acceptors (Lipinski definition) is 7. The molecule has 9 heteroatoms.